The second-order valence-corrected chi connectivity index (χ2v) is 10.3. The Morgan fingerprint density at radius 3 is 2.93 bits per heavy atom. The van der Waals surface area contributed by atoms with Crippen LogP contribution in [0.15, 0.2) is 51.8 Å². The Morgan fingerprint density at radius 2 is 2.07 bits per heavy atom. The number of hydrogen-bond donors (Lipinski definition) is 1. The molecule has 2 aliphatic rings. The number of carbonyl (C=O) groups excluding carboxylic acids is 1. The number of rotatable bonds is 2. The lowest BCUT2D eigenvalue weighted by molar-refractivity contribution is -0.121. The van der Waals surface area contributed by atoms with Gasteiger partial charge in [-0.3, -0.25) is 4.79 Å². The Hall–Kier alpha value is -2.78. The number of hydrogen-bond acceptors (Lipinski definition) is 6. The van der Waals surface area contributed by atoms with Gasteiger partial charge in [-0.05, 0) is 49.6 Å². The molecule has 3 aromatic rings. The van der Waals surface area contributed by atoms with E-state index in [-0.39, 0.29) is 16.7 Å². The molecule has 2 aliphatic heterocycles. The molecule has 3 heterocycles. The number of fused-ring (bicyclic) bond motifs is 2. The van der Waals surface area contributed by atoms with Crippen molar-refractivity contribution < 1.29 is 13.2 Å². The van der Waals surface area contributed by atoms with Crippen molar-refractivity contribution in [1.82, 2.24) is 9.88 Å². The molecule has 0 aliphatic carbocycles. The van der Waals surface area contributed by atoms with Crippen LogP contribution in [0.25, 0.3) is 10.2 Å². The number of sulfonamides is 1. The molecule has 1 fully saturated rings. The molecule has 1 N–H and O–H groups in total. The van der Waals surface area contributed by atoms with Crippen molar-refractivity contribution in [2.24, 2.45) is 10.3 Å². The van der Waals surface area contributed by atoms with E-state index in [0.717, 1.165) is 28.6 Å². The first-order valence-electron chi connectivity index (χ1n) is 9.78. The highest BCUT2D eigenvalue weighted by atomic mass is 32.2. The predicted octanol–water partition coefficient (Wildman–Crippen LogP) is 3.40. The van der Waals surface area contributed by atoms with Crippen molar-refractivity contribution in [3.8, 4) is 0 Å². The van der Waals surface area contributed by atoms with Crippen molar-refractivity contribution in [2.75, 3.05) is 18.4 Å². The number of amidine groups is 1. The molecule has 7 nitrogen and oxygen atoms in total. The van der Waals surface area contributed by atoms with Gasteiger partial charge in [0.15, 0.2) is 11.0 Å². The monoisotopic (exact) mass is 440 g/mol. The van der Waals surface area contributed by atoms with Gasteiger partial charge >= 0.3 is 0 Å². The largest absolute Gasteiger partial charge is 0.355 e. The molecule has 0 spiro atoms. The molecular formula is C21H20N4O3S2. The Bertz CT molecular complexity index is 1300. The van der Waals surface area contributed by atoms with Crippen molar-refractivity contribution in [3.63, 3.8) is 0 Å². The van der Waals surface area contributed by atoms with Gasteiger partial charge in [-0.1, -0.05) is 29.5 Å². The van der Waals surface area contributed by atoms with E-state index >= 15 is 0 Å². The van der Waals surface area contributed by atoms with Crippen LogP contribution in [0.4, 0.5) is 5.13 Å². The van der Waals surface area contributed by atoms with E-state index in [9.17, 15) is 13.2 Å². The maximum absolute atomic E-state index is 12.9. The van der Waals surface area contributed by atoms with Crippen LogP contribution in [0.5, 0.6) is 0 Å². The molecule has 2 aromatic carbocycles. The maximum atomic E-state index is 12.9. The SMILES string of the molecule is Cc1ccc2nc(NC(=O)C3CCCN(C4=NS(=O)(=O)c5ccccc54)C3)sc2c1. The summed E-state index contributed by atoms with van der Waals surface area (Å²) >= 11 is 1.46. The van der Waals surface area contributed by atoms with Gasteiger partial charge in [-0.15, -0.1) is 4.40 Å². The minimum atomic E-state index is -3.67. The fourth-order valence-corrected chi connectivity index (χ4v) is 6.19. The van der Waals surface area contributed by atoms with Crippen LogP contribution in [-0.2, 0) is 14.8 Å². The van der Waals surface area contributed by atoms with E-state index in [1.807, 2.05) is 24.0 Å². The molecular weight excluding hydrogens is 420 g/mol. The summed E-state index contributed by atoms with van der Waals surface area (Å²) in [5.41, 5.74) is 2.63. The highest BCUT2D eigenvalue weighted by Gasteiger charge is 2.35. The van der Waals surface area contributed by atoms with Gasteiger partial charge in [0, 0.05) is 18.7 Å². The van der Waals surface area contributed by atoms with Gasteiger partial charge in [0.2, 0.25) is 5.91 Å². The molecule has 30 heavy (non-hydrogen) atoms. The summed E-state index contributed by atoms with van der Waals surface area (Å²) in [5, 5.41) is 3.54. The highest BCUT2D eigenvalue weighted by Crippen LogP contribution is 2.31. The first kappa shape index (κ1) is 19.2. The van der Waals surface area contributed by atoms with Gasteiger partial charge < -0.3 is 10.2 Å². The van der Waals surface area contributed by atoms with Crippen LogP contribution in [0.2, 0.25) is 0 Å². The highest BCUT2D eigenvalue weighted by molar-refractivity contribution is 7.90. The van der Waals surface area contributed by atoms with Gasteiger partial charge in [-0.2, -0.15) is 8.42 Å². The van der Waals surface area contributed by atoms with Crippen LogP contribution in [-0.4, -0.2) is 43.1 Å². The Balaban J connectivity index is 1.35. The fourth-order valence-electron chi connectivity index (χ4n) is 3.99. The number of nitrogens with one attached hydrogen (secondary N) is 1. The summed E-state index contributed by atoms with van der Waals surface area (Å²) in [6, 6.07) is 12.9. The third-order valence-electron chi connectivity index (χ3n) is 5.48. The number of aryl methyl sites for hydroxylation is 1. The normalized spacial score (nSPS) is 20.1. The second-order valence-electron chi connectivity index (χ2n) is 7.65. The van der Waals surface area contributed by atoms with Crippen molar-refractivity contribution in [1.29, 1.82) is 0 Å². The van der Waals surface area contributed by atoms with Crippen molar-refractivity contribution in [2.45, 2.75) is 24.7 Å². The zero-order valence-electron chi connectivity index (χ0n) is 16.3. The molecule has 9 heteroatoms. The molecule has 1 saturated heterocycles. The Morgan fingerprint density at radius 1 is 1.23 bits per heavy atom. The van der Waals surface area contributed by atoms with Gasteiger partial charge in [0.25, 0.3) is 10.0 Å². The minimum Gasteiger partial charge on any atom is -0.355 e. The van der Waals surface area contributed by atoms with E-state index in [1.54, 1.807) is 24.3 Å². The molecule has 5 rings (SSSR count). The topological polar surface area (TPSA) is 91.7 Å². The molecule has 154 valence electrons. The fraction of sp³-hybridized carbons (Fsp3) is 0.286. The number of carbonyl (C=O) groups is 1. The van der Waals surface area contributed by atoms with Gasteiger partial charge in [0.1, 0.15) is 4.90 Å². The summed E-state index contributed by atoms with van der Waals surface area (Å²) in [4.78, 5) is 19.6. The number of benzene rings is 2. The second kappa shape index (κ2) is 7.17. The number of anilines is 1. The van der Waals surface area contributed by atoms with E-state index in [0.29, 0.717) is 29.6 Å². The zero-order valence-corrected chi connectivity index (χ0v) is 18.0. The van der Waals surface area contributed by atoms with Crippen LogP contribution in [0.3, 0.4) is 0 Å². The number of aromatic nitrogens is 1. The minimum absolute atomic E-state index is 0.0924. The average molecular weight is 441 g/mol. The third kappa shape index (κ3) is 3.37. The number of nitrogens with zero attached hydrogens (tertiary/aromatic N) is 3. The maximum Gasteiger partial charge on any atom is 0.285 e. The number of piperidine rings is 1. The Kier molecular flexibility index (Phi) is 4.59. The summed E-state index contributed by atoms with van der Waals surface area (Å²) in [6.07, 6.45) is 1.53. The lowest BCUT2D eigenvalue weighted by Gasteiger charge is -2.33. The Labute approximate surface area is 178 Å². The molecule has 1 aromatic heterocycles. The van der Waals surface area contributed by atoms with Crippen LogP contribution in [0.1, 0.15) is 24.0 Å². The molecule has 1 amide bonds. The summed E-state index contributed by atoms with van der Waals surface area (Å²) in [6.45, 7) is 3.13. The van der Waals surface area contributed by atoms with Crippen LogP contribution in [0, 0.1) is 12.8 Å². The van der Waals surface area contributed by atoms with Crippen LogP contribution >= 0.6 is 11.3 Å². The van der Waals surface area contributed by atoms with E-state index in [4.69, 9.17) is 0 Å². The van der Waals surface area contributed by atoms with Crippen molar-refractivity contribution >= 4 is 48.5 Å². The molecule has 0 radical (unpaired) electrons. The zero-order chi connectivity index (χ0) is 20.9. The molecule has 0 bridgehead atoms. The summed E-state index contributed by atoms with van der Waals surface area (Å²) in [5.74, 6) is 0.0921. The smallest absolute Gasteiger partial charge is 0.285 e. The molecule has 0 saturated carbocycles. The standard InChI is InChI=1S/C21H20N4O3S2/c1-13-8-9-16-17(11-13)29-21(22-16)23-20(26)14-5-4-10-25(12-14)19-15-6-2-3-7-18(15)30(27,28)24-19/h2-3,6-9,11,14H,4-5,10,12H2,1H3,(H,22,23,26). The number of thiazole rings is 1. The number of likely N-dealkylation sites (tertiary alicyclic amines) is 1. The van der Waals surface area contributed by atoms with Gasteiger partial charge in [-0.25, -0.2) is 4.98 Å². The lowest BCUT2D eigenvalue weighted by atomic mass is 9.96. The van der Waals surface area contributed by atoms with E-state index in [2.05, 4.69) is 20.8 Å². The first-order chi connectivity index (χ1) is 14.4. The van der Waals surface area contributed by atoms with Gasteiger partial charge in [0.05, 0.1) is 16.1 Å². The van der Waals surface area contributed by atoms with E-state index < -0.39 is 10.0 Å². The summed E-state index contributed by atoms with van der Waals surface area (Å²) in [7, 11) is -3.67. The third-order valence-corrected chi connectivity index (χ3v) is 7.74. The number of amides is 1. The molecule has 1 atom stereocenters. The summed E-state index contributed by atoms with van der Waals surface area (Å²) < 4.78 is 29.8. The van der Waals surface area contributed by atoms with E-state index in [1.165, 1.54) is 11.3 Å². The predicted molar refractivity (Wildman–Crippen MR) is 117 cm³/mol. The lowest BCUT2D eigenvalue weighted by Crippen LogP contribution is -2.43. The van der Waals surface area contributed by atoms with Crippen LogP contribution < -0.4 is 5.32 Å². The molecule has 1 unspecified atom stereocenters. The average Bonchev–Trinajstić information content (AvgIpc) is 3.25. The van der Waals surface area contributed by atoms with Crippen molar-refractivity contribution in [3.05, 3.63) is 53.6 Å². The first-order valence-corrected chi connectivity index (χ1v) is 12.0. The quantitative estimate of drug-likeness (QED) is 0.659.